The Morgan fingerprint density at radius 2 is 1.94 bits per heavy atom. The summed E-state index contributed by atoms with van der Waals surface area (Å²) in [4.78, 5) is 10.9. The van der Waals surface area contributed by atoms with Gasteiger partial charge in [-0.1, -0.05) is 6.07 Å². The number of hydrogen-bond donors (Lipinski definition) is 2. The Kier molecular flexibility index (Phi) is 3.75. The van der Waals surface area contributed by atoms with Crippen molar-refractivity contribution in [1.29, 1.82) is 0 Å². The van der Waals surface area contributed by atoms with E-state index in [1.807, 2.05) is 12.1 Å². The van der Waals surface area contributed by atoms with Gasteiger partial charge in [-0.15, -0.1) is 0 Å². The van der Waals surface area contributed by atoms with Crippen molar-refractivity contribution in [2.75, 3.05) is 7.11 Å². The molecular weight excluding hydrogens is 232 g/mol. The predicted molar refractivity (Wildman–Crippen MR) is 67.0 cm³/mol. The van der Waals surface area contributed by atoms with Gasteiger partial charge in [0.25, 0.3) is 0 Å². The van der Waals surface area contributed by atoms with Gasteiger partial charge in [-0.25, -0.2) is 0 Å². The largest absolute Gasteiger partial charge is 0.508 e. The van der Waals surface area contributed by atoms with Crippen molar-refractivity contribution in [2.45, 2.75) is 31.6 Å². The second-order valence-electron chi connectivity index (χ2n) is 4.81. The number of phenols is 1. The molecule has 0 unspecified atom stereocenters. The molecule has 2 N–H and O–H groups in total. The van der Waals surface area contributed by atoms with E-state index in [9.17, 15) is 9.90 Å². The molecule has 1 aliphatic rings. The number of aliphatic carboxylic acids is 1. The summed E-state index contributed by atoms with van der Waals surface area (Å²) < 4.78 is 5.05. The van der Waals surface area contributed by atoms with Crippen molar-refractivity contribution in [3.8, 4) is 11.5 Å². The standard InChI is InChI=1S/C14H18O4/c1-18-11-6-7-12(13(15)8-11)9-2-4-10(5-3-9)14(16)17/h6-10,15H,2-5H2,1H3,(H,16,17). The number of carbonyl (C=O) groups is 1. The molecule has 0 aliphatic heterocycles. The molecular formula is C14H18O4. The minimum absolute atomic E-state index is 0.221. The fraction of sp³-hybridized carbons (Fsp3) is 0.500. The third-order valence-corrected chi connectivity index (χ3v) is 3.75. The van der Waals surface area contributed by atoms with Crippen LogP contribution >= 0.6 is 0 Å². The van der Waals surface area contributed by atoms with Crippen LogP contribution < -0.4 is 4.74 Å². The number of ether oxygens (including phenoxy) is 1. The van der Waals surface area contributed by atoms with Crippen LogP contribution in [0.5, 0.6) is 11.5 Å². The van der Waals surface area contributed by atoms with E-state index >= 15 is 0 Å². The van der Waals surface area contributed by atoms with Crippen LogP contribution in [-0.4, -0.2) is 23.3 Å². The Labute approximate surface area is 106 Å². The van der Waals surface area contributed by atoms with Crippen molar-refractivity contribution in [1.82, 2.24) is 0 Å². The van der Waals surface area contributed by atoms with E-state index in [-0.39, 0.29) is 17.6 Å². The van der Waals surface area contributed by atoms with E-state index in [1.165, 1.54) is 0 Å². The van der Waals surface area contributed by atoms with E-state index in [0.29, 0.717) is 18.6 Å². The first-order valence-electron chi connectivity index (χ1n) is 6.21. The number of carboxylic acids is 1. The van der Waals surface area contributed by atoms with Crippen LogP contribution in [0.15, 0.2) is 18.2 Å². The highest BCUT2D eigenvalue weighted by molar-refractivity contribution is 5.70. The summed E-state index contributed by atoms with van der Waals surface area (Å²) in [6.07, 6.45) is 3.00. The first kappa shape index (κ1) is 12.7. The molecule has 0 amide bonds. The maximum absolute atomic E-state index is 10.9. The van der Waals surface area contributed by atoms with E-state index in [1.54, 1.807) is 13.2 Å². The molecule has 0 bridgehead atoms. The van der Waals surface area contributed by atoms with Gasteiger partial charge in [-0.3, -0.25) is 4.79 Å². The van der Waals surface area contributed by atoms with E-state index < -0.39 is 5.97 Å². The number of carboxylic acid groups (broad SMARTS) is 1. The Bertz CT molecular complexity index is 433. The maximum Gasteiger partial charge on any atom is 0.306 e. The first-order chi connectivity index (χ1) is 8.61. The van der Waals surface area contributed by atoms with Gasteiger partial charge in [0.2, 0.25) is 0 Å². The highest BCUT2D eigenvalue weighted by Gasteiger charge is 2.27. The third kappa shape index (κ3) is 2.58. The second-order valence-corrected chi connectivity index (χ2v) is 4.81. The fourth-order valence-corrected chi connectivity index (χ4v) is 2.65. The Morgan fingerprint density at radius 1 is 1.28 bits per heavy atom. The molecule has 0 saturated heterocycles. The van der Waals surface area contributed by atoms with Crippen LogP contribution in [0, 0.1) is 5.92 Å². The molecule has 4 heteroatoms. The van der Waals surface area contributed by atoms with Crippen LogP contribution in [0.2, 0.25) is 0 Å². The summed E-state index contributed by atoms with van der Waals surface area (Å²) in [5, 5.41) is 18.9. The summed E-state index contributed by atoms with van der Waals surface area (Å²) in [6, 6.07) is 5.32. The van der Waals surface area contributed by atoms with Crippen LogP contribution in [-0.2, 0) is 4.79 Å². The number of hydrogen-bond acceptors (Lipinski definition) is 3. The number of rotatable bonds is 3. The highest BCUT2D eigenvalue weighted by atomic mass is 16.5. The van der Waals surface area contributed by atoms with Crippen LogP contribution in [0.3, 0.4) is 0 Å². The Hall–Kier alpha value is -1.71. The zero-order chi connectivity index (χ0) is 13.1. The predicted octanol–water partition coefficient (Wildman–Crippen LogP) is 2.76. The average Bonchev–Trinajstić information content (AvgIpc) is 2.38. The van der Waals surface area contributed by atoms with Gasteiger partial charge in [0.05, 0.1) is 13.0 Å². The molecule has 0 spiro atoms. The summed E-state index contributed by atoms with van der Waals surface area (Å²) in [7, 11) is 1.56. The normalized spacial score (nSPS) is 23.6. The lowest BCUT2D eigenvalue weighted by Gasteiger charge is -2.26. The van der Waals surface area contributed by atoms with Gasteiger partial charge in [-0.05, 0) is 43.2 Å². The number of benzene rings is 1. The molecule has 0 heterocycles. The van der Waals surface area contributed by atoms with Gasteiger partial charge in [0, 0.05) is 6.07 Å². The average molecular weight is 250 g/mol. The Morgan fingerprint density at radius 3 is 2.44 bits per heavy atom. The molecule has 0 radical (unpaired) electrons. The van der Waals surface area contributed by atoms with Gasteiger partial charge in [-0.2, -0.15) is 0 Å². The molecule has 4 nitrogen and oxygen atoms in total. The van der Waals surface area contributed by atoms with Crippen LogP contribution in [0.1, 0.15) is 37.2 Å². The topological polar surface area (TPSA) is 66.8 Å². The second kappa shape index (κ2) is 5.29. The lowest BCUT2D eigenvalue weighted by Crippen LogP contribution is -2.20. The lowest BCUT2D eigenvalue weighted by molar-refractivity contribution is -0.142. The minimum Gasteiger partial charge on any atom is -0.508 e. The molecule has 18 heavy (non-hydrogen) atoms. The third-order valence-electron chi connectivity index (χ3n) is 3.75. The number of phenolic OH excluding ortho intramolecular Hbond substituents is 1. The summed E-state index contributed by atoms with van der Waals surface area (Å²) in [5.41, 5.74) is 0.902. The summed E-state index contributed by atoms with van der Waals surface area (Å²) in [6.45, 7) is 0. The SMILES string of the molecule is COc1ccc(C2CCC(C(=O)O)CC2)c(O)c1. The number of aromatic hydroxyl groups is 1. The molecule has 0 aromatic heterocycles. The first-order valence-corrected chi connectivity index (χ1v) is 6.21. The molecule has 1 aliphatic carbocycles. The molecule has 1 aromatic rings. The smallest absolute Gasteiger partial charge is 0.306 e. The van der Waals surface area contributed by atoms with Gasteiger partial charge in [0.15, 0.2) is 0 Å². The zero-order valence-corrected chi connectivity index (χ0v) is 10.4. The quantitative estimate of drug-likeness (QED) is 0.865. The maximum atomic E-state index is 10.9. The molecule has 98 valence electrons. The van der Waals surface area contributed by atoms with Crippen LogP contribution in [0.4, 0.5) is 0 Å². The van der Waals surface area contributed by atoms with Gasteiger partial charge in [0.1, 0.15) is 11.5 Å². The fourth-order valence-electron chi connectivity index (χ4n) is 2.65. The summed E-state index contributed by atoms with van der Waals surface area (Å²) >= 11 is 0. The number of methoxy groups -OCH3 is 1. The highest BCUT2D eigenvalue weighted by Crippen LogP contribution is 2.40. The summed E-state index contributed by atoms with van der Waals surface area (Å²) in [5.74, 6) is 0.212. The van der Waals surface area contributed by atoms with Crippen molar-refractivity contribution in [3.05, 3.63) is 23.8 Å². The van der Waals surface area contributed by atoms with Gasteiger partial charge < -0.3 is 14.9 Å². The molecule has 1 fully saturated rings. The monoisotopic (exact) mass is 250 g/mol. The van der Waals surface area contributed by atoms with Crippen molar-refractivity contribution >= 4 is 5.97 Å². The molecule has 1 saturated carbocycles. The Balaban J connectivity index is 2.07. The van der Waals surface area contributed by atoms with E-state index in [4.69, 9.17) is 9.84 Å². The van der Waals surface area contributed by atoms with Crippen molar-refractivity contribution in [3.63, 3.8) is 0 Å². The van der Waals surface area contributed by atoms with E-state index in [0.717, 1.165) is 18.4 Å². The van der Waals surface area contributed by atoms with Crippen LogP contribution in [0.25, 0.3) is 0 Å². The van der Waals surface area contributed by atoms with E-state index in [2.05, 4.69) is 0 Å². The minimum atomic E-state index is -0.701. The molecule has 1 aromatic carbocycles. The molecule has 2 rings (SSSR count). The zero-order valence-electron chi connectivity index (χ0n) is 10.4. The lowest BCUT2D eigenvalue weighted by atomic mass is 9.78. The van der Waals surface area contributed by atoms with Crippen molar-refractivity contribution < 1.29 is 19.7 Å². The molecule has 0 atom stereocenters. The van der Waals surface area contributed by atoms with Crippen molar-refractivity contribution in [2.24, 2.45) is 5.92 Å². The van der Waals surface area contributed by atoms with Gasteiger partial charge >= 0.3 is 5.97 Å².